The molecule has 2 nitrogen and oxygen atoms in total. The van der Waals surface area contributed by atoms with E-state index in [-0.39, 0.29) is 0 Å². The fourth-order valence-corrected chi connectivity index (χ4v) is 2.84. The highest BCUT2D eigenvalue weighted by Gasteiger charge is 2.16. The van der Waals surface area contributed by atoms with E-state index in [1.807, 2.05) is 11.8 Å². The topological polar surface area (TPSA) is 15.3 Å². The summed E-state index contributed by atoms with van der Waals surface area (Å²) in [6, 6.07) is 9.29. The lowest BCUT2D eigenvalue weighted by atomic mass is 10.2. The average Bonchev–Trinajstić information content (AvgIpc) is 2.54. The molecular weight excluding hydrogens is 216 g/mol. The molecular formula is C13H20N2S. The zero-order valence-corrected chi connectivity index (χ0v) is 10.9. The molecule has 0 spiro atoms. The molecule has 0 radical (unpaired) electrons. The van der Waals surface area contributed by atoms with Gasteiger partial charge in [-0.2, -0.15) is 0 Å². The first-order valence-corrected chi connectivity index (χ1v) is 7.15. The Morgan fingerprint density at radius 1 is 1.38 bits per heavy atom. The minimum absolute atomic E-state index is 0.581. The SMILES string of the molecule is CSc1ccccc1N1CCCNC(C)C1. The molecule has 1 N–H and O–H groups in total. The fourth-order valence-electron chi connectivity index (χ4n) is 2.21. The molecule has 3 heteroatoms. The number of rotatable bonds is 2. The summed E-state index contributed by atoms with van der Waals surface area (Å²) in [5, 5.41) is 3.53. The molecule has 0 aliphatic carbocycles. The molecule has 0 bridgehead atoms. The molecule has 1 atom stereocenters. The van der Waals surface area contributed by atoms with Gasteiger partial charge in [0.15, 0.2) is 0 Å². The summed E-state index contributed by atoms with van der Waals surface area (Å²) in [7, 11) is 0. The van der Waals surface area contributed by atoms with E-state index in [1.165, 1.54) is 17.0 Å². The van der Waals surface area contributed by atoms with Crippen LogP contribution in [0.2, 0.25) is 0 Å². The van der Waals surface area contributed by atoms with E-state index in [1.54, 1.807) is 0 Å². The van der Waals surface area contributed by atoms with E-state index in [9.17, 15) is 0 Å². The Bertz CT molecular complexity index is 340. The lowest BCUT2D eigenvalue weighted by molar-refractivity contribution is 0.584. The second-order valence-corrected chi connectivity index (χ2v) is 5.17. The van der Waals surface area contributed by atoms with E-state index in [0.29, 0.717) is 6.04 Å². The Hall–Kier alpha value is -0.670. The first kappa shape index (κ1) is 11.8. The molecule has 1 unspecified atom stereocenters. The van der Waals surface area contributed by atoms with Crippen LogP contribution in [0.3, 0.4) is 0 Å². The van der Waals surface area contributed by atoms with Crippen molar-refractivity contribution < 1.29 is 0 Å². The van der Waals surface area contributed by atoms with Crippen LogP contribution in [-0.2, 0) is 0 Å². The van der Waals surface area contributed by atoms with Crippen LogP contribution in [0.4, 0.5) is 5.69 Å². The number of hydrogen-bond donors (Lipinski definition) is 1. The van der Waals surface area contributed by atoms with Crippen LogP contribution in [0.25, 0.3) is 0 Å². The third kappa shape index (κ3) is 2.71. The van der Waals surface area contributed by atoms with E-state index < -0.39 is 0 Å². The van der Waals surface area contributed by atoms with Crippen LogP contribution < -0.4 is 10.2 Å². The number of nitrogens with zero attached hydrogens (tertiary/aromatic N) is 1. The molecule has 88 valence electrons. The fraction of sp³-hybridized carbons (Fsp3) is 0.538. The van der Waals surface area contributed by atoms with E-state index in [2.05, 4.69) is 47.7 Å². The predicted octanol–water partition coefficient (Wildman–Crippen LogP) is 2.60. The summed E-state index contributed by atoms with van der Waals surface area (Å²) >= 11 is 1.84. The van der Waals surface area contributed by atoms with Gasteiger partial charge in [0.25, 0.3) is 0 Å². The van der Waals surface area contributed by atoms with Crippen LogP contribution >= 0.6 is 11.8 Å². The smallest absolute Gasteiger partial charge is 0.0504 e. The standard InChI is InChI=1S/C13H20N2S/c1-11-10-15(9-5-8-14-11)12-6-3-4-7-13(12)16-2/h3-4,6-7,11,14H,5,8-10H2,1-2H3. The summed E-state index contributed by atoms with van der Waals surface area (Å²) in [5.74, 6) is 0. The number of anilines is 1. The van der Waals surface area contributed by atoms with Gasteiger partial charge in [-0.1, -0.05) is 12.1 Å². The van der Waals surface area contributed by atoms with Crippen molar-refractivity contribution in [3.05, 3.63) is 24.3 Å². The number of thioether (sulfide) groups is 1. The van der Waals surface area contributed by atoms with Gasteiger partial charge < -0.3 is 10.2 Å². The Morgan fingerprint density at radius 2 is 2.19 bits per heavy atom. The van der Waals surface area contributed by atoms with Crippen molar-refractivity contribution in [3.8, 4) is 0 Å². The van der Waals surface area contributed by atoms with Crippen molar-refractivity contribution in [2.24, 2.45) is 0 Å². The van der Waals surface area contributed by atoms with Gasteiger partial charge in [0.1, 0.15) is 0 Å². The maximum absolute atomic E-state index is 3.53. The third-order valence-electron chi connectivity index (χ3n) is 3.02. The van der Waals surface area contributed by atoms with Gasteiger partial charge in [-0.3, -0.25) is 0 Å². The molecule has 1 fully saturated rings. The lowest BCUT2D eigenvalue weighted by Gasteiger charge is -2.26. The Balaban J connectivity index is 2.20. The monoisotopic (exact) mass is 236 g/mol. The highest BCUT2D eigenvalue weighted by Crippen LogP contribution is 2.28. The molecule has 1 aliphatic rings. The van der Waals surface area contributed by atoms with Gasteiger partial charge in [0.05, 0.1) is 5.69 Å². The molecule has 0 aromatic heterocycles. The summed E-state index contributed by atoms with van der Waals surface area (Å²) in [6.45, 7) is 5.67. The highest BCUT2D eigenvalue weighted by molar-refractivity contribution is 7.98. The molecule has 1 heterocycles. The first-order chi connectivity index (χ1) is 7.81. The van der Waals surface area contributed by atoms with Crippen molar-refractivity contribution >= 4 is 17.4 Å². The van der Waals surface area contributed by atoms with Crippen LogP contribution in [0.1, 0.15) is 13.3 Å². The van der Waals surface area contributed by atoms with Crippen LogP contribution in [0.5, 0.6) is 0 Å². The lowest BCUT2D eigenvalue weighted by Crippen LogP contribution is -2.35. The number of nitrogens with one attached hydrogen (secondary N) is 1. The van der Waals surface area contributed by atoms with Crippen LogP contribution in [0.15, 0.2) is 29.2 Å². The van der Waals surface area contributed by atoms with Crippen LogP contribution in [-0.4, -0.2) is 31.9 Å². The van der Waals surface area contributed by atoms with E-state index in [0.717, 1.165) is 19.6 Å². The molecule has 1 aromatic carbocycles. The van der Waals surface area contributed by atoms with Crippen molar-refractivity contribution in [2.45, 2.75) is 24.3 Å². The van der Waals surface area contributed by atoms with Gasteiger partial charge in [0.2, 0.25) is 0 Å². The quantitative estimate of drug-likeness (QED) is 0.795. The summed E-state index contributed by atoms with van der Waals surface area (Å²) < 4.78 is 0. The molecule has 1 saturated heterocycles. The number of benzene rings is 1. The van der Waals surface area contributed by atoms with Gasteiger partial charge in [0, 0.05) is 24.0 Å². The Kier molecular flexibility index (Phi) is 4.13. The maximum Gasteiger partial charge on any atom is 0.0504 e. The third-order valence-corrected chi connectivity index (χ3v) is 3.80. The molecule has 0 saturated carbocycles. The van der Waals surface area contributed by atoms with Crippen molar-refractivity contribution in [2.75, 3.05) is 30.8 Å². The number of hydrogen-bond acceptors (Lipinski definition) is 3. The van der Waals surface area contributed by atoms with Gasteiger partial charge >= 0.3 is 0 Å². The minimum Gasteiger partial charge on any atom is -0.369 e. The number of para-hydroxylation sites is 1. The maximum atomic E-state index is 3.53. The summed E-state index contributed by atoms with van der Waals surface area (Å²) in [4.78, 5) is 3.90. The average molecular weight is 236 g/mol. The van der Waals surface area contributed by atoms with Crippen molar-refractivity contribution in [1.82, 2.24) is 5.32 Å². The normalized spacial score (nSPS) is 21.9. The molecule has 16 heavy (non-hydrogen) atoms. The molecule has 1 aromatic rings. The predicted molar refractivity (Wildman–Crippen MR) is 72.5 cm³/mol. The highest BCUT2D eigenvalue weighted by atomic mass is 32.2. The van der Waals surface area contributed by atoms with Crippen LogP contribution in [0, 0.1) is 0 Å². The summed E-state index contributed by atoms with van der Waals surface area (Å²) in [5.41, 5.74) is 1.39. The summed E-state index contributed by atoms with van der Waals surface area (Å²) in [6.07, 6.45) is 3.38. The van der Waals surface area contributed by atoms with E-state index >= 15 is 0 Å². The minimum atomic E-state index is 0.581. The zero-order valence-electron chi connectivity index (χ0n) is 10.1. The zero-order chi connectivity index (χ0) is 11.4. The van der Waals surface area contributed by atoms with Gasteiger partial charge in [-0.15, -0.1) is 11.8 Å². The van der Waals surface area contributed by atoms with E-state index in [4.69, 9.17) is 0 Å². The molecule has 2 rings (SSSR count). The second-order valence-electron chi connectivity index (χ2n) is 4.33. The molecule has 1 aliphatic heterocycles. The molecule has 0 amide bonds. The second kappa shape index (κ2) is 5.60. The van der Waals surface area contributed by atoms with Gasteiger partial charge in [-0.25, -0.2) is 0 Å². The van der Waals surface area contributed by atoms with Gasteiger partial charge in [-0.05, 0) is 38.3 Å². The van der Waals surface area contributed by atoms with Crippen molar-refractivity contribution in [1.29, 1.82) is 0 Å². The first-order valence-electron chi connectivity index (χ1n) is 5.92. The Morgan fingerprint density at radius 3 is 3.00 bits per heavy atom. The Labute approximate surface area is 102 Å². The van der Waals surface area contributed by atoms with Crippen molar-refractivity contribution in [3.63, 3.8) is 0 Å². The largest absolute Gasteiger partial charge is 0.369 e.